The molecule has 0 unspecified atom stereocenters. The Morgan fingerprint density at radius 3 is 2.70 bits per heavy atom. The molecule has 170 valence electrons. The lowest BCUT2D eigenvalue weighted by Crippen LogP contribution is -2.23. The van der Waals surface area contributed by atoms with Crippen LogP contribution in [0.3, 0.4) is 0 Å². The number of amides is 2. The Bertz CT molecular complexity index is 1200. The van der Waals surface area contributed by atoms with Crippen molar-refractivity contribution in [2.45, 2.75) is 26.9 Å². The quantitative estimate of drug-likeness (QED) is 0.510. The van der Waals surface area contributed by atoms with Crippen molar-refractivity contribution in [1.82, 2.24) is 20.6 Å². The highest BCUT2D eigenvalue weighted by molar-refractivity contribution is 5.91. The molecule has 0 radical (unpaired) electrons. The van der Waals surface area contributed by atoms with Crippen molar-refractivity contribution >= 4 is 17.7 Å². The van der Waals surface area contributed by atoms with Crippen LogP contribution in [0.15, 0.2) is 60.6 Å². The number of rotatable bonds is 7. The largest absolute Gasteiger partial charge is 0.419 e. The Morgan fingerprint density at radius 2 is 2.03 bits per heavy atom. The minimum absolute atomic E-state index is 0.109. The summed E-state index contributed by atoms with van der Waals surface area (Å²) >= 11 is 0. The molecule has 2 heterocycles. The summed E-state index contributed by atoms with van der Waals surface area (Å²) in [6.07, 6.45) is 2.51. The van der Waals surface area contributed by atoms with Crippen LogP contribution >= 0.6 is 0 Å². The van der Waals surface area contributed by atoms with Gasteiger partial charge >= 0.3 is 6.09 Å². The van der Waals surface area contributed by atoms with Crippen LogP contribution in [0.25, 0.3) is 11.1 Å². The predicted octanol–water partition coefficient (Wildman–Crippen LogP) is 3.75. The number of anilines is 1. The van der Waals surface area contributed by atoms with Gasteiger partial charge in [-0.2, -0.15) is 0 Å². The minimum Gasteiger partial charge on any atom is -0.411 e. The van der Waals surface area contributed by atoms with E-state index < -0.39 is 11.9 Å². The molecule has 0 aliphatic carbocycles. The lowest BCUT2D eigenvalue weighted by atomic mass is 10.0. The van der Waals surface area contributed by atoms with Crippen molar-refractivity contribution in [2.75, 3.05) is 11.4 Å². The molecule has 2 aromatic carbocycles. The SMILES string of the molecule is CC(=O)N/C=C1\CN(c2ccc(-c3ccc(CNCc4cnc(C)[nH]4)cc3)c(F)c2)C(=O)O1. The molecule has 1 aromatic heterocycles. The van der Waals surface area contributed by atoms with Gasteiger partial charge in [-0.05, 0) is 36.2 Å². The molecule has 1 saturated heterocycles. The van der Waals surface area contributed by atoms with Crippen LogP contribution < -0.4 is 15.5 Å². The summed E-state index contributed by atoms with van der Waals surface area (Å²) in [6, 6.07) is 12.3. The van der Waals surface area contributed by atoms with Crippen LogP contribution in [0.4, 0.5) is 14.9 Å². The average molecular weight is 449 g/mol. The van der Waals surface area contributed by atoms with E-state index in [-0.39, 0.29) is 18.2 Å². The third-order valence-electron chi connectivity index (χ3n) is 5.12. The number of carbonyl (C=O) groups excluding carboxylic acids is 2. The Labute approximate surface area is 190 Å². The number of hydrogen-bond donors (Lipinski definition) is 3. The standard InChI is InChI=1S/C24H24FN5O3/c1-15-27-12-19(29-15)11-26-10-17-3-5-18(6-4-17)22-8-7-20(9-23(22)25)30-14-21(33-24(30)32)13-28-16(2)31/h3-9,12-13,26H,10-11,14H2,1-2H3,(H,27,29)(H,28,31)/b21-13+. The van der Waals surface area contributed by atoms with Gasteiger partial charge < -0.3 is 20.4 Å². The number of H-pyrrole nitrogens is 1. The van der Waals surface area contributed by atoms with Gasteiger partial charge in [-0.3, -0.25) is 9.69 Å². The molecule has 0 spiro atoms. The van der Waals surface area contributed by atoms with Crippen LogP contribution in [0.1, 0.15) is 24.0 Å². The van der Waals surface area contributed by atoms with Crippen molar-refractivity contribution < 1.29 is 18.7 Å². The number of aromatic amines is 1. The maximum atomic E-state index is 14.9. The van der Waals surface area contributed by atoms with Gasteiger partial charge in [-0.25, -0.2) is 14.2 Å². The van der Waals surface area contributed by atoms with Gasteiger partial charge in [-0.15, -0.1) is 0 Å². The monoisotopic (exact) mass is 449 g/mol. The Kier molecular flexibility index (Phi) is 6.50. The Hall–Kier alpha value is -3.98. The fraction of sp³-hybridized carbons (Fsp3) is 0.208. The second kappa shape index (κ2) is 9.66. The highest BCUT2D eigenvalue weighted by Crippen LogP contribution is 2.29. The highest BCUT2D eigenvalue weighted by Gasteiger charge is 2.29. The maximum absolute atomic E-state index is 14.9. The van der Waals surface area contributed by atoms with Gasteiger partial charge in [0.05, 0.1) is 12.2 Å². The zero-order chi connectivity index (χ0) is 23.4. The number of aromatic nitrogens is 2. The maximum Gasteiger partial charge on any atom is 0.419 e. The molecule has 3 N–H and O–H groups in total. The number of halogens is 1. The van der Waals surface area contributed by atoms with E-state index >= 15 is 0 Å². The second-order valence-corrected chi connectivity index (χ2v) is 7.72. The van der Waals surface area contributed by atoms with Gasteiger partial charge in [0.1, 0.15) is 17.4 Å². The van der Waals surface area contributed by atoms with E-state index in [0.717, 1.165) is 22.6 Å². The fourth-order valence-electron chi connectivity index (χ4n) is 3.49. The molecule has 1 fully saturated rings. The predicted molar refractivity (Wildman–Crippen MR) is 121 cm³/mol. The van der Waals surface area contributed by atoms with Gasteiger partial charge in [-0.1, -0.05) is 24.3 Å². The number of carbonyl (C=O) groups is 2. The summed E-state index contributed by atoms with van der Waals surface area (Å²) in [7, 11) is 0. The Morgan fingerprint density at radius 1 is 1.24 bits per heavy atom. The molecule has 0 saturated carbocycles. The zero-order valence-electron chi connectivity index (χ0n) is 18.3. The third-order valence-corrected chi connectivity index (χ3v) is 5.12. The van der Waals surface area contributed by atoms with E-state index in [1.807, 2.05) is 31.2 Å². The summed E-state index contributed by atoms with van der Waals surface area (Å²) in [5, 5.41) is 5.80. The van der Waals surface area contributed by atoms with Crippen molar-refractivity contribution in [3.63, 3.8) is 0 Å². The van der Waals surface area contributed by atoms with E-state index in [1.54, 1.807) is 18.3 Å². The van der Waals surface area contributed by atoms with Crippen molar-refractivity contribution in [1.29, 1.82) is 0 Å². The van der Waals surface area contributed by atoms with Gasteiger partial charge in [0.15, 0.2) is 0 Å². The molecule has 2 amide bonds. The Balaban J connectivity index is 1.40. The van der Waals surface area contributed by atoms with Crippen LogP contribution in [-0.4, -0.2) is 28.5 Å². The summed E-state index contributed by atoms with van der Waals surface area (Å²) in [6.45, 7) is 4.72. The molecule has 3 aromatic rings. The number of ether oxygens (including phenoxy) is 1. The first-order chi connectivity index (χ1) is 15.9. The first-order valence-electron chi connectivity index (χ1n) is 10.4. The van der Waals surface area contributed by atoms with Crippen molar-refractivity contribution in [3.8, 4) is 11.1 Å². The van der Waals surface area contributed by atoms with E-state index in [0.29, 0.717) is 24.3 Å². The van der Waals surface area contributed by atoms with E-state index in [9.17, 15) is 14.0 Å². The molecule has 33 heavy (non-hydrogen) atoms. The molecule has 9 heteroatoms. The van der Waals surface area contributed by atoms with Crippen molar-refractivity contribution in [3.05, 3.63) is 83.5 Å². The normalized spacial score (nSPS) is 14.6. The molecule has 1 aliphatic rings. The first-order valence-corrected chi connectivity index (χ1v) is 10.4. The minimum atomic E-state index is -0.624. The lowest BCUT2D eigenvalue weighted by Gasteiger charge is -2.14. The first kappa shape index (κ1) is 22.2. The fourth-order valence-corrected chi connectivity index (χ4v) is 3.49. The second-order valence-electron chi connectivity index (χ2n) is 7.72. The van der Waals surface area contributed by atoms with Crippen LogP contribution in [0.2, 0.25) is 0 Å². The number of imidazole rings is 1. The van der Waals surface area contributed by atoms with Crippen LogP contribution in [-0.2, 0) is 22.6 Å². The summed E-state index contributed by atoms with van der Waals surface area (Å²) in [5.41, 5.74) is 3.65. The summed E-state index contributed by atoms with van der Waals surface area (Å²) in [5.74, 6) is 0.446. The van der Waals surface area contributed by atoms with Gasteiger partial charge in [0.25, 0.3) is 0 Å². The molecule has 0 atom stereocenters. The lowest BCUT2D eigenvalue weighted by molar-refractivity contribution is -0.118. The number of hydrogen-bond acceptors (Lipinski definition) is 5. The van der Waals surface area contributed by atoms with E-state index in [1.165, 1.54) is 24.1 Å². The number of aryl methyl sites for hydroxylation is 1. The number of cyclic esters (lactones) is 1. The van der Waals surface area contributed by atoms with Crippen LogP contribution in [0, 0.1) is 12.7 Å². The summed E-state index contributed by atoms with van der Waals surface area (Å²) < 4.78 is 20.0. The molecular formula is C24H24FN5O3. The van der Waals surface area contributed by atoms with Gasteiger partial charge in [0.2, 0.25) is 5.91 Å². The number of benzene rings is 2. The summed E-state index contributed by atoms with van der Waals surface area (Å²) in [4.78, 5) is 31.8. The number of nitrogens with one attached hydrogen (secondary N) is 3. The van der Waals surface area contributed by atoms with Crippen LogP contribution in [0.5, 0.6) is 0 Å². The molecule has 0 bridgehead atoms. The third kappa shape index (κ3) is 5.45. The number of nitrogens with zero attached hydrogens (tertiary/aromatic N) is 2. The van der Waals surface area contributed by atoms with E-state index in [4.69, 9.17) is 4.74 Å². The van der Waals surface area contributed by atoms with Gasteiger partial charge in [0, 0.05) is 43.7 Å². The highest BCUT2D eigenvalue weighted by atomic mass is 19.1. The molecule has 4 rings (SSSR count). The molecular weight excluding hydrogens is 425 g/mol. The average Bonchev–Trinajstić information content (AvgIpc) is 3.38. The van der Waals surface area contributed by atoms with Crippen molar-refractivity contribution in [2.24, 2.45) is 0 Å². The zero-order valence-corrected chi connectivity index (χ0v) is 18.3. The topological polar surface area (TPSA) is 99.4 Å². The van der Waals surface area contributed by atoms with E-state index in [2.05, 4.69) is 20.6 Å². The smallest absolute Gasteiger partial charge is 0.411 e. The molecule has 1 aliphatic heterocycles. The molecule has 8 nitrogen and oxygen atoms in total.